The van der Waals surface area contributed by atoms with E-state index >= 15 is 0 Å². The fourth-order valence-electron chi connectivity index (χ4n) is 2.34. The molecule has 1 heterocycles. The first kappa shape index (κ1) is 13.8. The van der Waals surface area contributed by atoms with Gasteiger partial charge in [0, 0.05) is 0 Å². The lowest BCUT2D eigenvalue weighted by molar-refractivity contribution is -0.282. The number of carbonyl (C=O) groups excluding carboxylic acids is 1. The average Bonchev–Trinajstić information content (AvgIpc) is 2.35. The molecule has 104 valence electrons. The molecule has 0 aromatic heterocycles. The van der Waals surface area contributed by atoms with Crippen LogP contribution in [0, 0.1) is 5.41 Å². The standard InChI is InChI=1S/C14H24O4/c1-13(2)16-9-14(3,10-17-13)12(15)18-11-7-5-4-6-8-11/h11H,4-10H2,1-3H3. The molecular weight excluding hydrogens is 232 g/mol. The largest absolute Gasteiger partial charge is 0.462 e. The minimum atomic E-state index is -0.660. The summed E-state index contributed by atoms with van der Waals surface area (Å²) in [6, 6.07) is 0. The first-order chi connectivity index (χ1) is 8.41. The minimum absolute atomic E-state index is 0.0954. The van der Waals surface area contributed by atoms with Gasteiger partial charge >= 0.3 is 5.97 Å². The average molecular weight is 256 g/mol. The molecule has 1 saturated heterocycles. The third-order valence-electron chi connectivity index (χ3n) is 3.80. The Morgan fingerprint density at radius 3 is 2.17 bits per heavy atom. The molecule has 2 rings (SSSR count). The van der Waals surface area contributed by atoms with Gasteiger partial charge in [0.25, 0.3) is 0 Å². The van der Waals surface area contributed by atoms with Gasteiger partial charge in [-0.05, 0) is 46.5 Å². The van der Waals surface area contributed by atoms with E-state index < -0.39 is 11.2 Å². The monoisotopic (exact) mass is 256 g/mol. The summed E-state index contributed by atoms with van der Waals surface area (Å²) in [5, 5.41) is 0. The van der Waals surface area contributed by atoms with Crippen LogP contribution in [0.2, 0.25) is 0 Å². The number of hydrogen-bond acceptors (Lipinski definition) is 4. The van der Waals surface area contributed by atoms with Gasteiger partial charge in [-0.25, -0.2) is 0 Å². The molecule has 0 aromatic rings. The molecule has 2 aliphatic rings. The van der Waals surface area contributed by atoms with Gasteiger partial charge in [-0.1, -0.05) is 6.42 Å². The quantitative estimate of drug-likeness (QED) is 0.712. The van der Waals surface area contributed by atoms with Crippen LogP contribution in [0.1, 0.15) is 52.9 Å². The van der Waals surface area contributed by atoms with Gasteiger partial charge in [0.1, 0.15) is 11.5 Å². The van der Waals surface area contributed by atoms with Crippen LogP contribution in [0.4, 0.5) is 0 Å². The van der Waals surface area contributed by atoms with Crippen molar-refractivity contribution in [3.63, 3.8) is 0 Å². The number of ether oxygens (including phenoxy) is 3. The highest BCUT2D eigenvalue weighted by molar-refractivity contribution is 5.77. The van der Waals surface area contributed by atoms with E-state index in [4.69, 9.17) is 14.2 Å². The van der Waals surface area contributed by atoms with E-state index in [-0.39, 0.29) is 12.1 Å². The van der Waals surface area contributed by atoms with E-state index in [0.29, 0.717) is 13.2 Å². The molecule has 18 heavy (non-hydrogen) atoms. The SMILES string of the molecule is CC1(C)OCC(C)(C(=O)OC2CCCCC2)CO1. The molecule has 0 unspecified atom stereocenters. The highest BCUT2D eigenvalue weighted by Gasteiger charge is 2.44. The van der Waals surface area contributed by atoms with Crippen LogP contribution < -0.4 is 0 Å². The molecule has 0 amide bonds. The van der Waals surface area contributed by atoms with Crippen LogP contribution in [0.25, 0.3) is 0 Å². The van der Waals surface area contributed by atoms with Gasteiger partial charge in [0.2, 0.25) is 0 Å². The van der Waals surface area contributed by atoms with Gasteiger partial charge < -0.3 is 14.2 Å². The summed E-state index contributed by atoms with van der Waals surface area (Å²) in [7, 11) is 0. The summed E-state index contributed by atoms with van der Waals surface area (Å²) in [5.74, 6) is -0.769. The zero-order valence-corrected chi connectivity index (χ0v) is 11.7. The van der Waals surface area contributed by atoms with Crippen molar-refractivity contribution in [1.82, 2.24) is 0 Å². The van der Waals surface area contributed by atoms with E-state index in [1.54, 1.807) is 0 Å². The molecule has 0 N–H and O–H groups in total. The summed E-state index contributed by atoms with van der Waals surface area (Å²) >= 11 is 0. The Labute approximate surface area is 109 Å². The third-order valence-corrected chi connectivity index (χ3v) is 3.80. The van der Waals surface area contributed by atoms with Crippen molar-refractivity contribution in [2.45, 2.75) is 64.8 Å². The fraction of sp³-hybridized carbons (Fsp3) is 0.929. The van der Waals surface area contributed by atoms with E-state index in [0.717, 1.165) is 25.7 Å². The van der Waals surface area contributed by atoms with Crippen LogP contribution in [0.15, 0.2) is 0 Å². The van der Waals surface area contributed by atoms with Crippen molar-refractivity contribution in [2.24, 2.45) is 5.41 Å². The Bertz CT molecular complexity index is 295. The van der Waals surface area contributed by atoms with Gasteiger partial charge in [0.15, 0.2) is 5.79 Å². The Morgan fingerprint density at radius 2 is 1.61 bits per heavy atom. The Balaban J connectivity index is 1.88. The van der Waals surface area contributed by atoms with Gasteiger partial charge in [0.05, 0.1) is 13.2 Å². The maximum Gasteiger partial charge on any atom is 0.316 e. The Hall–Kier alpha value is -0.610. The summed E-state index contributed by atoms with van der Waals surface area (Å²) in [5.41, 5.74) is -0.660. The number of hydrogen-bond donors (Lipinski definition) is 0. The van der Waals surface area contributed by atoms with E-state index in [1.807, 2.05) is 20.8 Å². The lowest BCUT2D eigenvalue weighted by Gasteiger charge is -2.40. The van der Waals surface area contributed by atoms with Crippen molar-refractivity contribution >= 4 is 5.97 Å². The van der Waals surface area contributed by atoms with Crippen molar-refractivity contribution in [3.05, 3.63) is 0 Å². The molecule has 1 aliphatic heterocycles. The van der Waals surface area contributed by atoms with Crippen LogP contribution in [0.3, 0.4) is 0 Å². The van der Waals surface area contributed by atoms with E-state index in [9.17, 15) is 4.79 Å². The molecular formula is C14H24O4. The predicted molar refractivity (Wildman–Crippen MR) is 67.1 cm³/mol. The number of esters is 1. The second kappa shape index (κ2) is 5.17. The molecule has 0 bridgehead atoms. The molecule has 1 aliphatic carbocycles. The minimum Gasteiger partial charge on any atom is -0.462 e. The van der Waals surface area contributed by atoms with E-state index in [1.165, 1.54) is 6.42 Å². The fourth-order valence-corrected chi connectivity index (χ4v) is 2.34. The summed E-state index contributed by atoms with van der Waals surface area (Å²) in [6.45, 7) is 6.31. The summed E-state index contributed by atoms with van der Waals surface area (Å²) in [4.78, 5) is 12.2. The topological polar surface area (TPSA) is 44.8 Å². The first-order valence-electron chi connectivity index (χ1n) is 6.90. The number of rotatable bonds is 2. The maximum atomic E-state index is 12.2. The molecule has 0 radical (unpaired) electrons. The van der Waals surface area contributed by atoms with Crippen molar-refractivity contribution < 1.29 is 19.0 Å². The first-order valence-corrected chi connectivity index (χ1v) is 6.90. The third kappa shape index (κ3) is 3.23. The summed E-state index contributed by atoms with van der Waals surface area (Å²) < 4.78 is 16.7. The second-order valence-electron chi connectivity index (χ2n) is 6.20. The second-order valence-corrected chi connectivity index (χ2v) is 6.20. The summed E-state index contributed by atoms with van der Waals surface area (Å²) in [6.07, 6.45) is 5.66. The molecule has 1 saturated carbocycles. The molecule has 0 atom stereocenters. The zero-order chi connectivity index (χ0) is 13.2. The highest BCUT2D eigenvalue weighted by Crippen LogP contribution is 2.32. The molecule has 0 spiro atoms. The lowest BCUT2D eigenvalue weighted by atomic mass is 9.91. The van der Waals surface area contributed by atoms with Crippen molar-refractivity contribution in [3.8, 4) is 0 Å². The maximum absolute atomic E-state index is 12.2. The lowest BCUT2D eigenvalue weighted by Crippen LogP contribution is -2.50. The smallest absolute Gasteiger partial charge is 0.316 e. The predicted octanol–water partition coefficient (Wildman–Crippen LogP) is 2.65. The van der Waals surface area contributed by atoms with Gasteiger partial charge in [-0.3, -0.25) is 4.79 Å². The molecule has 2 fully saturated rings. The van der Waals surface area contributed by atoms with Gasteiger partial charge in [-0.2, -0.15) is 0 Å². The molecule has 4 heteroatoms. The highest BCUT2D eigenvalue weighted by atomic mass is 16.7. The van der Waals surface area contributed by atoms with Gasteiger partial charge in [-0.15, -0.1) is 0 Å². The van der Waals surface area contributed by atoms with Crippen LogP contribution >= 0.6 is 0 Å². The van der Waals surface area contributed by atoms with Crippen LogP contribution in [0.5, 0.6) is 0 Å². The van der Waals surface area contributed by atoms with E-state index in [2.05, 4.69) is 0 Å². The van der Waals surface area contributed by atoms with Crippen molar-refractivity contribution in [1.29, 1.82) is 0 Å². The Morgan fingerprint density at radius 1 is 1.06 bits per heavy atom. The number of carbonyl (C=O) groups is 1. The van der Waals surface area contributed by atoms with Crippen LogP contribution in [-0.2, 0) is 19.0 Å². The normalized spacial score (nSPS) is 27.7. The zero-order valence-electron chi connectivity index (χ0n) is 11.7. The molecule has 4 nitrogen and oxygen atoms in total. The Kier molecular flexibility index (Phi) is 3.97. The van der Waals surface area contributed by atoms with Crippen LogP contribution in [-0.4, -0.2) is 31.1 Å². The molecule has 0 aromatic carbocycles. The van der Waals surface area contributed by atoms with Crippen molar-refractivity contribution in [2.75, 3.05) is 13.2 Å².